The third-order valence-electron chi connectivity index (χ3n) is 6.90. The monoisotopic (exact) mass is 552 g/mol. The number of benzene rings is 4. The second-order valence-corrected chi connectivity index (χ2v) is 9.75. The van der Waals surface area contributed by atoms with E-state index in [1.165, 1.54) is 0 Å². The first kappa shape index (κ1) is 29.2. The van der Waals surface area contributed by atoms with Crippen LogP contribution in [0.5, 0.6) is 17.2 Å². The molecule has 7 nitrogen and oxygen atoms in total. The standard InChI is InChI=1S/C34H36N2O5/c1-24-10-12-25(13-11-24)22-35-34(38)33(28-8-6-5-7-9-28)36(23-26-14-17-29(39-2)18-15-26)32(37)21-27-16-19-30(40-3)31(20-27)41-4/h5-20,33H,21-23H2,1-4H3,(H,35,38)/t33-/m0/s1. The van der Waals surface area contributed by atoms with Gasteiger partial charge in [-0.1, -0.05) is 78.4 Å². The molecule has 0 heterocycles. The summed E-state index contributed by atoms with van der Waals surface area (Å²) in [5.74, 6) is 1.37. The quantitative estimate of drug-likeness (QED) is 0.246. The molecule has 0 saturated heterocycles. The molecule has 0 spiro atoms. The Kier molecular flexibility index (Phi) is 9.99. The van der Waals surface area contributed by atoms with Crippen LogP contribution in [0.4, 0.5) is 0 Å². The second kappa shape index (κ2) is 14.0. The summed E-state index contributed by atoms with van der Waals surface area (Å²) in [5, 5.41) is 3.06. The number of hydrogen-bond donors (Lipinski definition) is 1. The Labute approximate surface area is 241 Å². The molecule has 0 aliphatic heterocycles. The van der Waals surface area contributed by atoms with Crippen LogP contribution in [0.15, 0.2) is 97.1 Å². The van der Waals surface area contributed by atoms with Crippen molar-refractivity contribution in [3.8, 4) is 17.2 Å². The zero-order chi connectivity index (χ0) is 29.2. The molecule has 0 aliphatic carbocycles. The molecular formula is C34H36N2O5. The minimum absolute atomic E-state index is 0.0745. The first-order valence-corrected chi connectivity index (χ1v) is 13.4. The van der Waals surface area contributed by atoms with Gasteiger partial charge >= 0.3 is 0 Å². The molecule has 4 aromatic rings. The summed E-state index contributed by atoms with van der Waals surface area (Å²) < 4.78 is 16.1. The molecule has 0 bridgehead atoms. The molecule has 1 N–H and O–H groups in total. The summed E-state index contributed by atoms with van der Waals surface area (Å²) >= 11 is 0. The Bertz CT molecular complexity index is 1440. The molecule has 0 aliphatic rings. The van der Waals surface area contributed by atoms with Crippen LogP contribution in [0.25, 0.3) is 0 Å². The summed E-state index contributed by atoms with van der Waals surface area (Å²) in [6.45, 7) is 2.60. The number of methoxy groups -OCH3 is 3. The van der Waals surface area contributed by atoms with Gasteiger partial charge in [-0.25, -0.2) is 0 Å². The summed E-state index contributed by atoms with van der Waals surface area (Å²) in [6, 6.07) is 29.5. The minimum Gasteiger partial charge on any atom is -0.497 e. The third-order valence-corrected chi connectivity index (χ3v) is 6.90. The van der Waals surface area contributed by atoms with Gasteiger partial charge in [-0.05, 0) is 53.4 Å². The second-order valence-electron chi connectivity index (χ2n) is 9.75. The maximum Gasteiger partial charge on any atom is 0.247 e. The Hall–Kier alpha value is -4.78. The van der Waals surface area contributed by atoms with E-state index in [-0.39, 0.29) is 24.8 Å². The van der Waals surface area contributed by atoms with Gasteiger partial charge in [-0.2, -0.15) is 0 Å². The van der Waals surface area contributed by atoms with Crippen molar-refractivity contribution in [3.63, 3.8) is 0 Å². The predicted molar refractivity (Wildman–Crippen MR) is 159 cm³/mol. The molecule has 4 aromatic carbocycles. The van der Waals surface area contributed by atoms with Crippen molar-refractivity contribution in [2.75, 3.05) is 21.3 Å². The number of nitrogens with zero attached hydrogens (tertiary/aromatic N) is 1. The van der Waals surface area contributed by atoms with Gasteiger partial charge in [-0.15, -0.1) is 0 Å². The largest absolute Gasteiger partial charge is 0.497 e. The van der Waals surface area contributed by atoms with Crippen molar-refractivity contribution in [1.29, 1.82) is 0 Å². The van der Waals surface area contributed by atoms with Crippen molar-refractivity contribution in [2.45, 2.75) is 32.5 Å². The van der Waals surface area contributed by atoms with E-state index in [1.54, 1.807) is 38.4 Å². The molecule has 1 atom stereocenters. The Morgan fingerprint density at radius 3 is 2.00 bits per heavy atom. The van der Waals surface area contributed by atoms with E-state index in [4.69, 9.17) is 14.2 Å². The molecular weight excluding hydrogens is 516 g/mol. The lowest BCUT2D eigenvalue weighted by molar-refractivity contribution is -0.141. The van der Waals surface area contributed by atoms with E-state index in [1.807, 2.05) is 91.9 Å². The molecule has 212 valence electrons. The number of rotatable bonds is 12. The van der Waals surface area contributed by atoms with Crippen LogP contribution in [0, 0.1) is 6.92 Å². The zero-order valence-electron chi connectivity index (χ0n) is 23.9. The minimum atomic E-state index is -0.851. The smallest absolute Gasteiger partial charge is 0.247 e. The predicted octanol–water partition coefficient (Wildman–Crippen LogP) is 5.65. The summed E-state index contributed by atoms with van der Waals surface area (Å²) in [7, 11) is 4.74. The molecule has 41 heavy (non-hydrogen) atoms. The van der Waals surface area contributed by atoms with Gasteiger partial charge in [0, 0.05) is 13.1 Å². The van der Waals surface area contributed by atoms with Gasteiger partial charge < -0.3 is 24.4 Å². The molecule has 2 amide bonds. The van der Waals surface area contributed by atoms with E-state index in [0.29, 0.717) is 23.8 Å². The van der Waals surface area contributed by atoms with Gasteiger partial charge in [0.25, 0.3) is 0 Å². The van der Waals surface area contributed by atoms with Crippen molar-refractivity contribution in [3.05, 3.63) is 125 Å². The zero-order valence-corrected chi connectivity index (χ0v) is 23.9. The van der Waals surface area contributed by atoms with Crippen LogP contribution in [0.3, 0.4) is 0 Å². The van der Waals surface area contributed by atoms with Gasteiger partial charge in [0.05, 0.1) is 27.8 Å². The van der Waals surface area contributed by atoms with Crippen LogP contribution >= 0.6 is 0 Å². The highest BCUT2D eigenvalue weighted by atomic mass is 16.5. The number of aryl methyl sites for hydroxylation is 1. The lowest BCUT2D eigenvalue weighted by Crippen LogP contribution is -2.43. The Morgan fingerprint density at radius 2 is 1.37 bits per heavy atom. The van der Waals surface area contributed by atoms with Gasteiger partial charge in [0.2, 0.25) is 11.8 Å². The van der Waals surface area contributed by atoms with E-state index < -0.39 is 6.04 Å². The highest BCUT2D eigenvalue weighted by Crippen LogP contribution is 2.30. The number of amides is 2. The molecule has 7 heteroatoms. The summed E-state index contributed by atoms with van der Waals surface area (Å²) in [4.78, 5) is 29.6. The topological polar surface area (TPSA) is 77.1 Å². The van der Waals surface area contributed by atoms with Crippen molar-refractivity contribution in [2.24, 2.45) is 0 Å². The highest BCUT2D eigenvalue weighted by Gasteiger charge is 2.31. The Balaban J connectivity index is 1.68. The maximum absolute atomic E-state index is 14.1. The normalized spacial score (nSPS) is 11.3. The lowest BCUT2D eigenvalue weighted by Gasteiger charge is -2.32. The van der Waals surface area contributed by atoms with Crippen LogP contribution in [-0.2, 0) is 29.1 Å². The van der Waals surface area contributed by atoms with E-state index in [9.17, 15) is 9.59 Å². The fourth-order valence-electron chi connectivity index (χ4n) is 4.62. The molecule has 0 aromatic heterocycles. The first-order chi connectivity index (χ1) is 19.9. The van der Waals surface area contributed by atoms with Crippen molar-refractivity contribution in [1.82, 2.24) is 10.2 Å². The van der Waals surface area contributed by atoms with Crippen molar-refractivity contribution < 1.29 is 23.8 Å². The number of carbonyl (C=O) groups excluding carboxylic acids is 2. The number of ether oxygens (including phenoxy) is 3. The van der Waals surface area contributed by atoms with Crippen LogP contribution in [-0.4, -0.2) is 38.0 Å². The van der Waals surface area contributed by atoms with E-state index in [2.05, 4.69) is 5.32 Å². The highest BCUT2D eigenvalue weighted by molar-refractivity contribution is 5.89. The molecule has 0 fully saturated rings. The number of nitrogens with one attached hydrogen (secondary N) is 1. The Morgan fingerprint density at radius 1 is 0.732 bits per heavy atom. The van der Waals surface area contributed by atoms with E-state index in [0.717, 1.165) is 27.8 Å². The summed E-state index contributed by atoms with van der Waals surface area (Å²) in [6.07, 6.45) is 0.0745. The van der Waals surface area contributed by atoms with Gasteiger partial charge in [0.1, 0.15) is 11.8 Å². The van der Waals surface area contributed by atoms with E-state index >= 15 is 0 Å². The van der Waals surface area contributed by atoms with Crippen LogP contribution < -0.4 is 19.5 Å². The van der Waals surface area contributed by atoms with Gasteiger partial charge in [0.15, 0.2) is 11.5 Å². The summed E-state index contributed by atoms with van der Waals surface area (Å²) in [5.41, 5.74) is 4.48. The first-order valence-electron chi connectivity index (χ1n) is 13.4. The third kappa shape index (κ3) is 7.66. The molecule has 4 rings (SSSR count). The SMILES string of the molecule is COc1ccc(CN(C(=O)Cc2ccc(OC)c(OC)c2)[C@H](C(=O)NCc2ccc(C)cc2)c2ccccc2)cc1. The van der Waals surface area contributed by atoms with Crippen LogP contribution in [0.2, 0.25) is 0 Å². The van der Waals surface area contributed by atoms with Crippen molar-refractivity contribution >= 4 is 11.8 Å². The molecule has 0 saturated carbocycles. The maximum atomic E-state index is 14.1. The molecule has 0 radical (unpaired) electrons. The average Bonchev–Trinajstić information content (AvgIpc) is 3.01. The number of hydrogen-bond acceptors (Lipinski definition) is 5. The van der Waals surface area contributed by atoms with Gasteiger partial charge in [-0.3, -0.25) is 9.59 Å². The number of carbonyl (C=O) groups is 2. The molecule has 0 unspecified atom stereocenters. The lowest BCUT2D eigenvalue weighted by atomic mass is 10.0. The average molecular weight is 553 g/mol. The fraction of sp³-hybridized carbons (Fsp3) is 0.235. The van der Waals surface area contributed by atoms with Crippen LogP contribution in [0.1, 0.15) is 33.9 Å². The fourth-order valence-corrected chi connectivity index (χ4v) is 4.62.